The van der Waals surface area contributed by atoms with E-state index in [0.29, 0.717) is 26.8 Å². The summed E-state index contributed by atoms with van der Waals surface area (Å²) in [6.07, 6.45) is 0. The molecule has 0 atom stereocenters. The topological polar surface area (TPSA) is 107 Å². The van der Waals surface area contributed by atoms with E-state index < -0.39 is 5.97 Å². The number of rotatable bonds is 4. The van der Waals surface area contributed by atoms with Crippen molar-refractivity contribution >= 4 is 63.7 Å². The normalized spacial score (nSPS) is 11.1. The van der Waals surface area contributed by atoms with Gasteiger partial charge in [0, 0.05) is 0 Å². The molecule has 0 saturated carbocycles. The van der Waals surface area contributed by atoms with Crippen LogP contribution in [0.4, 0.5) is 0 Å². The number of hydrogen-bond acceptors (Lipinski definition) is 8. The van der Waals surface area contributed by atoms with Crippen LogP contribution in [-0.2, 0) is 4.79 Å². The summed E-state index contributed by atoms with van der Waals surface area (Å²) in [5.41, 5.74) is 1.37. The molecule has 1 aromatic carbocycles. The summed E-state index contributed by atoms with van der Waals surface area (Å²) in [5, 5.41) is 20.9. The summed E-state index contributed by atoms with van der Waals surface area (Å²) >= 11 is 14.2. The second-order valence-electron chi connectivity index (χ2n) is 3.71. The Hall–Kier alpha value is -1.49. The minimum absolute atomic E-state index is 0.177. The van der Waals surface area contributed by atoms with Crippen LogP contribution in [-0.4, -0.2) is 45.8 Å². The van der Waals surface area contributed by atoms with Crippen LogP contribution < -0.4 is 0 Å². The number of carboxylic acids is 1. The van der Waals surface area contributed by atoms with Crippen LogP contribution >= 0.6 is 46.7 Å². The van der Waals surface area contributed by atoms with E-state index in [9.17, 15) is 4.79 Å². The van der Waals surface area contributed by atoms with Crippen LogP contribution in [0.2, 0.25) is 10.0 Å². The molecule has 12 heteroatoms. The highest BCUT2D eigenvalue weighted by Crippen LogP contribution is 2.34. The molecule has 0 unspecified atom stereocenters. The number of thioether (sulfide) groups is 1. The van der Waals surface area contributed by atoms with Crippen LogP contribution in [0.1, 0.15) is 0 Å². The molecule has 8 nitrogen and oxygen atoms in total. The zero-order valence-corrected chi connectivity index (χ0v) is 13.0. The average Bonchev–Trinajstić information content (AvgIpc) is 3.05. The molecule has 0 radical (unpaired) electrons. The van der Waals surface area contributed by atoms with Crippen molar-refractivity contribution in [3.8, 4) is 5.69 Å². The molecule has 0 bridgehead atoms. The number of fused-ring (bicyclic) bond motifs is 1. The first kappa shape index (κ1) is 14.4. The van der Waals surface area contributed by atoms with Gasteiger partial charge in [0.15, 0.2) is 0 Å². The number of carboxylic acid groups (broad SMARTS) is 1. The smallest absolute Gasteiger partial charge is 0.313 e. The van der Waals surface area contributed by atoms with Gasteiger partial charge >= 0.3 is 5.97 Å². The van der Waals surface area contributed by atoms with Gasteiger partial charge in [-0.25, -0.2) is 0 Å². The number of aliphatic carboxylic acids is 1. The summed E-state index contributed by atoms with van der Waals surface area (Å²) in [5.74, 6) is -1.15. The molecule has 2 aromatic heterocycles. The number of halogens is 2. The predicted molar refractivity (Wildman–Crippen MR) is 78.5 cm³/mol. The monoisotopic (exact) mass is 362 g/mol. The average molecular weight is 363 g/mol. The van der Waals surface area contributed by atoms with Crippen molar-refractivity contribution in [3.63, 3.8) is 0 Å². The van der Waals surface area contributed by atoms with Crippen molar-refractivity contribution in [3.05, 3.63) is 16.1 Å². The molecule has 3 rings (SSSR count). The Kier molecular flexibility index (Phi) is 3.93. The van der Waals surface area contributed by atoms with Crippen molar-refractivity contribution < 1.29 is 9.90 Å². The second-order valence-corrected chi connectivity index (χ2v) is 5.99. The Labute approximate surface area is 135 Å². The van der Waals surface area contributed by atoms with Gasteiger partial charge in [0.2, 0.25) is 5.16 Å². The Morgan fingerprint density at radius 1 is 1.33 bits per heavy atom. The largest absolute Gasteiger partial charge is 0.481 e. The molecule has 0 saturated heterocycles. The fourth-order valence-electron chi connectivity index (χ4n) is 1.60. The van der Waals surface area contributed by atoms with Crippen molar-refractivity contribution in [2.45, 2.75) is 5.16 Å². The molecule has 2 heterocycles. The van der Waals surface area contributed by atoms with Crippen molar-refractivity contribution in [2.75, 3.05) is 5.75 Å². The first-order valence-electron chi connectivity index (χ1n) is 5.31. The molecule has 1 N–H and O–H groups in total. The maximum atomic E-state index is 10.7. The van der Waals surface area contributed by atoms with Gasteiger partial charge in [0.25, 0.3) is 0 Å². The molecule has 108 valence electrons. The Morgan fingerprint density at radius 2 is 2.10 bits per heavy atom. The molecule has 0 amide bonds. The van der Waals surface area contributed by atoms with E-state index in [1.807, 2.05) is 0 Å². The first-order chi connectivity index (χ1) is 10.1. The Balaban J connectivity index is 2.15. The maximum absolute atomic E-state index is 10.7. The summed E-state index contributed by atoms with van der Waals surface area (Å²) < 4.78 is 9.57. The molecule has 0 aliphatic carbocycles. The fraction of sp³-hybridized carbons (Fsp3) is 0.111. The number of tetrazole rings is 1. The quantitative estimate of drug-likeness (QED) is 0.703. The van der Waals surface area contributed by atoms with E-state index in [2.05, 4.69) is 24.3 Å². The minimum Gasteiger partial charge on any atom is -0.481 e. The van der Waals surface area contributed by atoms with Crippen molar-refractivity contribution in [1.82, 2.24) is 29.0 Å². The van der Waals surface area contributed by atoms with Gasteiger partial charge in [0.1, 0.15) is 16.7 Å². The van der Waals surface area contributed by atoms with Crippen molar-refractivity contribution in [1.29, 1.82) is 0 Å². The van der Waals surface area contributed by atoms with E-state index in [1.54, 1.807) is 0 Å². The van der Waals surface area contributed by atoms with Gasteiger partial charge in [-0.2, -0.15) is 13.4 Å². The lowest BCUT2D eigenvalue weighted by Crippen LogP contribution is -2.04. The van der Waals surface area contributed by atoms with Crippen LogP contribution in [0.5, 0.6) is 0 Å². The standard InChI is InChI=1S/C9H4Cl2N6O2S2/c10-3-1-4(11)8(7-6(3)13-21-14-7)17-9(12-15-16-17)20-2-5(18)19/h1H,2H2,(H,18,19). The van der Waals surface area contributed by atoms with E-state index in [0.717, 1.165) is 23.5 Å². The molecule has 3 aromatic rings. The lowest BCUT2D eigenvalue weighted by Gasteiger charge is -2.07. The Morgan fingerprint density at radius 3 is 2.86 bits per heavy atom. The molecular weight excluding hydrogens is 359 g/mol. The summed E-state index contributed by atoms with van der Waals surface area (Å²) in [6, 6.07) is 1.52. The SMILES string of the molecule is O=C(O)CSc1nnnn1-c1c(Cl)cc(Cl)c2nsnc12. The number of nitrogens with zero attached hydrogens (tertiary/aromatic N) is 6. The highest BCUT2D eigenvalue weighted by molar-refractivity contribution is 7.99. The van der Waals surface area contributed by atoms with E-state index in [-0.39, 0.29) is 10.9 Å². The highest BCUT2D eigenvalue weighted by atomic mass is 35.5. The van der Waals surface area contributed by atoms with E-state index in [4.69, 9.17) is 28.3 Å². The Bertz CT molecular complexity index is 835. The van der Waals surface area contributed by atoms with Gasteiger partial charge in [-0.3, -0.25) is 4.79 Å². The van der Waals surface area contributed by atoms with Gasteiger partial charge in [-0.05, 0) is 16.5 Å². The van der Waals surface area contributed by atoms with E-state index >= 15 is 0 Å². The summed E-state index contributed by atoms with van der Waals surface area (Å²) in [7, 11) is 0. The number of benzene rings is 1. The van der Waals surface area contributed by atoms with Crippen LogP contribution in [0.3, 0.4) is 0 Å². The van der Waals surface area contributed by atoms with E-state index in [1.165, 1.54) is 10.7 Å². The van der Waals surface area contributed by atoms with Gasteiger partial charge in [-0.1, -0.05) is 35.0 Å². The molecule has 0 aliphatic rings. The third kappa shape index (κ3) is 2.67. The second kappa shape index (κ2) is 5.72. The van der Waals surface area contributed by atoms with Crippen LogP contribution in [0.15, 0.2) is 11.2 Å². The zero-order valence-electron chi connectivity index (χ0n) is 9.90. The number of aromatic nitrogens is 6. The van der Waals surface area contributed by atoms with Crippen LogP contribution in [0.25, 0.3) is 16.7 Å². The predicted octanol–water partition coefficient (Wildman–Crippen LogP) is 2.15. The number of hydrogen-bond donors (Lipinski definition) is 1. The fourth-order valence-corrected chi connectivity index (χ4v) is 3.38. The van der Waals surface area contributed by atoms with Gasteiger partial charge < -0.3 is 5.11 Å². The van der Waals surface area contributed by atoms with Crippen LogP contribution in [0, 0.1) is 0 Å². The lowest BCUT2D eigenvalue weighted by molar-refractivity contribution is -0.133. The molecular formula is C9H4Cl2N6O2S2. The molecule has 0 aliphatic heterocycles. The highest BCUT2D eigenvalue weighted by Gasteiger charge is 2.20. The number of carbonyl (C=O) groups is 1. The third-order valence-corrected chi connectivity index (χ3v) is 4.40. The lowest BCUT2D eigenvalue weighted by atomic mass is 10.2. The van der Waals surface area contributed by atoms with Gasteiger partial charge in [0.05, 0.1) is 27.5 Å². The molecule has 21 heavy (non-hydrogen) atoms. The maximum Gasteiger partial charge on any atom is 0.313 e. The zero-order chi connectivity index (χ0) is 15.0. The third-order valence-electron chi connectivity index (χ3n) is 2.40. The van der Waals surface area contributed by atoms with Gasteiger partial charge in [-0.15, -0.1) is 5.10 Å². The summed E-state index contributed by atoms with van der Waals surface area (Å²) in [6.45, 7) is 0. The summed E-state index contributed by atoms with van der Waals surface area (Å²) in [4.78, 5) is 10.7. The van der Waals surface area contributed by atoms with Crippen molar-refractivity contribution in [2.24, 2.45) is 0 Å². The molecule has 0 fully saturated rings. The molecule has 0 spiro atoms. The minimum atomic E-state index is -0.975. The first-order valence-corrected chi connectivity index (χ1v) is 7.78.